The molecule has 0 aliphatic carbocycles. The number of morpholine rings is 1. The maximum absolute atomic E-state index is 12.8. The van der Waals surface area contributed by atoms with Gasteiger partial charge in [-0.05, 0) is 30.7 Å². The number of thioether (sulfide) groups is 1. The molecule has 29 heavy (non-hydrogen) atoms. The Bertz CT molecular complexity index is 1030. The van der Waals surface area contributed by atoms with Gasteiger partial charge >= 0.3 is 0 Å². The summed E-state index contributed by atoms with van der Waals surface area (Å²) in [6.07, 6.45) is 1.61. The highest BCUT2D eigenvalue weighted by molar-refractivity contribution is 8.26. The molecule has 8 nitrogen and oxygen atoms in total. The number of hydrogen-bond acceptors (Lipinski definition) is 8. The van der Waals surface area contributed by atoms with Gasteiger partial charge in [-0.1, -0.05) is 30.0 Å². The van der Waals surface area contributed by atoms with Crippen LogP contribution in [0.5, 0.6) is 0 Å². The van der Waals surface area contributed by atoms with E-state index in [1.54, 1.807) is 37.3 Å². The second kappa shape index (κ2) is 8.07. The van der Waals surface area contributed by atoms with Crippen LogP contribution in [0, 0.1) is 17.0 Å². The fraction of sp³-hybridized carbons (Fsp3) is 0.263. The third-order valence-corrected chi connectivity index (χ3v) is 5.84. The van der Waals surface area contributed by atoms with Crippen LogP contribution in [0.1, 0.15) is 11.3 Å². The number of nitro benzene ring substituents is 1. The normalized spacial score (nSPS) is 19.3. The van der Waals surface area contributed by atoms with Crippen LogP contribution in [-0.2, 0) is 9.53 Å². The molecule has 10 heteroatoms. The molecule has 3 heterocycles. The number of ether oxygens (including phenoxy) is 1. The number of aryl methyl sites for hydroxylation is 1. The molecule has 0 radical (unpaired) electrons. The second-order valence-electron chi connectivity index (χ2n) is 6.54. The number of benzene rings is 1. The molecule has 2 fully saturated rings. The van der Waals surface area contributed by atoms with E-state index in [1.807, 2.05) is 5.01 Å². The Morgan fingerprint density at radius 1 is 1.24 bits per heavy atom. The highest BCUT2D eigenvalue weighted by Crippen LogP contribution is 2.36. The van der Waals surface area contributed by atoms with E-state index in [4.69, 9.17) is 21.4 Å². The molecule has 1 aromatic carbocycles. The second-order valence-corrected chi connectivity index (χ2v) is 8.22. The fourth-order valence-electron chi connectivity index (χ4n) is 3.16. The number of furan rings is 1. The van der Waals surface area contributed by atoms with Gasteiger partial charge in [-0.25, -0.2) is 10.0 Å². The molecule has 2 aromatic rings. The van der Waals surface area contributed by atoms with Crippen LogP contribution < -0.4 is 0 Å². The molecule has 2 aliphatic heterocycles. The van der Waals surface area contributed by atoms with Crippen molar-refractivity contribution in [3.8, 4) is 11.3 Å². The van der Waals surface area contributed by atoms with E-state index in [1.165, 1.54) is 22.8 Å². The molecule has 4 rings (SSSR count). The zero-order valence-corrected chi connectivity index (χ0v) is 17.1. The minimum Gasteiger partial charge on any atom is -0.456 e. The Morgan fingerprint density at radius 2 is 2.00 bits per heavy atom. The highest BCUT2D eigenvalue weighted by Gasteiger charge is 2.37. The molecule has 0 N–H and O–H groups in total. The number of nitro groups is 1. The Labute approximate surface area is 176 Å². The summed E-state index contributed by atoms with van der Waals surface area (Å²) >= 11 is 6.57. The first-order valence-electron chi connectivity index (χ1n) is 8.90. The first-order chi connectivity index (χ1) is 13.9. The summed E-state index contributed by atoms with van der Waals surface area (Å²) in [7, 11) is 0. The van der Waals surface area contributed by atoms with Gasteiger partial charge in [0.25, 0.3) is 11.6 Å². The van der Waals surface area contributed by atoms with Gasteiger partial charge in [0.05, 0.1) is 28.6 Å². The average molecular weight is 431 g/mol. The van der Waals surface area contributed by atoms with E-state index in [0.29, 0.717) is 52.6 Å². The minimum atomic E-state index is -0.433. The van der Waals surface area contributed by atoms with Crippen molar-refractivity contribution >= 4 is 46.0 Å². The van der Waals surface area contributed by atoms with Gasteiger partial charge in [-0.2, -0.15) is 0 Å². The van der Waals surface area contributed by atoms with Crippen LogP contribution >= 0.6 is 24.0 Å². The molecular formula is C19H17N3O5S2. The monoisotopic (exact) mass is 431 g/mol. The molecule has 1 amide bonds. The number of carbonyl (C=O) groups is 1. The van der Waals surface area contributed by atoms with Gasteiger partial charge in [0.2, 0.25) is 0 Å². The molecule has 0 bridgehead atoms. The van der Waals surface area contributed by atoms with Crippen molar-refractivity contribution in [1.29, 1.82) is 0 Å². The number of hydrazine groups is 1. The largest absolute Gasteiger partial charge is 0.456 e. The SMILES string of the molecule is Cc1ccc(-c2ccc(/C=C3\SC(=S)N(N4CCOCC4)C3=O)o2)c([N+](=O)[O-])c1. The lowest BCUT2D eigenvalue weighted by Crippen LogP contribution is -2.50. The molecule has 150 valence electrons. The summed E-state index contributed by atoms with van der Waals surface area (Å²) in [4.78, 5) is 24.2. The maximum Gasteiger partial charge on any atom is 0.281 e. The van der Waals surface area contributed by atoms with E-state index in [0.717, 1.165) is 5.56 Å². The van der Waals surface area contributed by atoms with E-state index >= 15 is 0 Å². The van der Waals surface area contributed by atoms with Gasteiger partial charge in [-0.3, -0.25) is 14.9 Å². The maximum atomic E-state index is 12.8. The van der Waals surface area contributed by atoms with Crippen molar-refractivity contribution < 1.29 is 18.9 Å². The van der Waals surface area contributed by atoms with E-state index in [2.05, 4.69) is 0 Å². The van der Waals surface area contributed by atoms with Crippen LogP contribution in [0.15, 0.2) is 39.7 Å². The molecule has 2 aliphatic rings. The molecule has 0 unspecified atom stereocenters. The predicted molar refractivity (Wildman–Crippen MR) is 113 cm³/mol. The van der Waals surface area contributed by atoms with Gasteiger partial charge < -0.3 is 9.15 Å². The van der Waals surface area contributed by atoms with Crippen molar-refractivity contribution in [2.24, 2.45) is 0 Å². The Morgan fingerprint density at radius 3 is 2.72 bits per heavy atom. The number of rotatable bonds is 4. The summed E-state index contributed by atoms with van der Waals surface area (Å²) in [6, 6.07) is 8.30. The molecular weight excluding hydrogens is 414 g/mol. The zero-order valence-electron chi connectivity index (χ0n) is 15.5. The van der Waals surface area contributed by atoms with E-state index < -0.39 is 4.92 Å². The summed E-state index contributed by atoms with van der Waals surface area (Å²) in [6.45, 7) is 4.09. The molecule has 0 spiro atoms. The van der Waals surface area contributed by atoms with Gasteiger partial charge in [0, 0.05) is 25.2 Å². The standard InChI is InChI=1S/C19H17N3O5S2/c1-12-2-4-14(15(10-12)22(24)25)16-5-3-13(27-16)11-17-18(23)21(19(28)29-17)20-6-8-26-9-7-20/h2-5,10-11H,6-9H2,1H3/b17-11-. The molecule has 0 saturated carbocycles. The molecule has 2 saturated heterocycles. The summed E-state index contributed by atoms with van der Waals surface area (Å²) in [5, 5.41) is 14.8. The van der Waals surface area contributed by atoms with Crippen molar-refractivity contribution in [1.82, 2.24) is 10.0 Å². The van der Waals surface area contributed by atoms with E-state index in [-0.39, 0.29) is 11.6 Å². The average Bonchev–Trinajstić information content (AvgIpc) is 3.27. The van der Waals surface area contributed by atoms with Gasteiger partial charge in [0.1, 0.15) is 11.5 Å². The van der Waals surface area contributed by atoms with Crippen LogP contribution in [0.2, 0.25) is 0 Å². The summed E-state index contributed by atoms with van der Waals surface area (Å²) in [5.41, 5.74) is 1.16. The zero-order chi connectivity index (χ0) is 20.5. The Kier molecular flexibility index (Phi) is 5.50. The van der Waals surface area contributed by atoms with Crippen LogP contribution in [0.4, 0.5) is 5.69 Å². The van der Waals surface area contributed by atoms with Crippen molar-refractivity contribution in [3.05, 3.63) is 56.7 Å². The Hall–Kier alpha value is -2.53. The molecule has 1 aromatic heterocycles. The summed E-state index contributed by atoms with van der Waals surface area (Å²) < 4.78 is 11.6. The number of carbonyl (C=O) groups excluding carboxylic acids is 1. The number of nitrogens with zero attached hydrogens (tertiary/aromatic N) is 3. The van der Waals surface area contributed by atoms with Gasteiger partial charge in [0.15, 0.2) is 4.32 Å². The number of hydrogen-bond donors (Lipinski definition) is 0. The van der Waals surface area contributed by atoms with Gasteiger partial charge in [-0.15, -0.1) is 0 Å². The highest BCUT2D eigenvalue weighted by atomic mass is 32.2. The minimum absolute atomic E-state index is 0.0236. The lowest BCUT2D eigenvalue weighted by molar-refractivity contribution is -0.384. The first-order valence-corrected chi connectivity index (χ1v) is 10.1. The first kappa shape index (κ1) is 19.8. The number of amides is 1. The quantitative estimate of drug-likeness (QED) is 0.314. The number of thiocarbonyl (C=S) groups is 1. The smallest absolute Gasteiger partial charge is 0.281 e. The van der Waals surface area contributed by atoms with Crippen LogP contribution in [-0.4, -0.2) is 51.5 Å². The lowest BCUT2D eigenvalue weighted by atomic mass is 10.1. The van der Waals surface area contributed by atoms with Crippen LogP contribution in [0.25, 0.3) is 17.4 Å². The van der Waals surface area contributed by atoms with Crippen molar-refractivity contribution in [2.45, 2.75) is 6.92 Å². The summed E-state index contributed by atoms with van der Waals surface area (Å²) in [5.74, 6) is 0.588. The van der Waals surface area contributed by atoms with E-state index in [9.17, 15) is 14.9 Å². The molecule has 0 atom stereocenters. The predicted octanol–water partition coefficient (Wildman–Crippen LogP) is 3.61. The fourth-order valence-corrected chi connectivity index (χ4v) is 4.45. The topological polar surface area (TPSA) is 89.1 Å². The van der Waals surface area contributed by atoms with Crippen molar-refractivity contribution in [3.63, 3.8) is 0 Å². The Balaban J connectivity index is 1.59. The third-order valence-electron chi connectivity index (χ3n) is 4.56. The van der Waals surface area contributed by atoms with Crippen molar-refractivity contribution in [2.75, 3.05) is 26.3 Å². The van der Waals surface area contributed by atoms with Crippen LogP contribution in [0.3, 0.4) is 0 Å². The third kappa shape index (κ3) is 3.97. The lowest BCUT2D eigenvalue weighted by Gasteiger charge is -2.33.